The second kappa shape index (κ2) is 45.4. The van der Waals surface area contributed by atoms with E-state index in [0.29, 0.717) is 149 Å². The average molecular weight is 1800 g/mol. The minimum atomic E-state index is -1.73. The average Bonchev–Trinajstić information content (AvgIpc) is 1.53. The summed E-state index contributed by atoms with van der Waals surface area (Å²) in [6.45, 7) is 26.2. The number of aryl methyl sites for hydroxylation is 4. The third-order valence-electron chi connectivity index (χ3n) is 24.2. The molecule has 8 heterocycles. The van der Waals surface area contributed by atoms with Crippen LogP contribution in [0.4, 0.5) is 74.5 Å². The summed E-state index contributed by atoms with van der Waals surface area (Å²) in [7, 11) is 0. The number of ether oxygens (including phenoxy) is 1. The van der Waals surface area contributed by atoms with Crippen molar-refractivity contribution in [3.8, 4) is 5.75 Å². The summed E-state index contributed by atoms with van der Waals surface area (Å²) in [5.41, 5.74) is 13.4. The van der Waals surface area contributed by atoms with Gasteiger partial charge in [-0.2, -0.15) is 0 Å². The molecule has 4 aromatic carbocycles. The molecule has 36 heteroatoms. The summed E-state index contributed by atoms with van der Waals surface area (Å²) < 4.78 is 6.23. The molecule has 700 valence electrons. The number of hydrogen-bond acceptors (Lipinski definition) is 28. The number of fused-ring (bicyclic) bond motifs is 8. The van der Waals surface area contributed by atoms with Crippen LogP contribution in [0, 0.1) is 33.6 Å². The van der Waals surface area contributed by atoms with E-state index >= 15 is 0 Å². The van der Waals surface area contributed by atoms with E-state index in [2.05, 4.69) is 139 Å². The number of H-pyrrole nitrogens is 4. The molecule has 0 saturated heterocycles. The Balaban J connectivity index is 0.000000159. The van der Waals surface area contributed by atoms with Crippen molar-refractivity contribution in [2.75, 3.05) is 70.9 Å². The fourth-order valence-corrected chi connectivity index (χ4v) is 16.8. The maximum atomic E-state index is 12.6. The lowest BCUT2D eigenvalue weighted by Crippen LogP contribution is -2.48. The number of aliphatic carboxylic acids is 4. The van der Waals surface area contributed by atoms with Gasteiger partial charge in [0.25, 0.3) is 22.2 Å². The van der Waals surface area contributed by atoms with E-state index in [0.717, 1.165) is 140 Å². The first kappa shape index (κ1) is 97.6. The standard InChI is InChI=1S/C25H35N5O8.C25H32N4O4.C23H29N5O3.C22H26N4O3/c1-13-9-16-17(10-15(13)26-11-18(32)22(36)23(37)19(33)12-31)30(8-6-4-3-5-7-20(34)35)24-21(29-16)25(38)28-14(2)27-24;1-16-13-19-20(14-21(16)33-15-18-9-6-7-10-18)29(12-8-4-3-5-11-22(30)31)24-23(28-19)25(32)27-17(2)26-24;1-14-11-18-19(12-16(14)13-24-17-8-9-17)28(10-6-4-3-5-7-20(29)30)22-21(27-18)23(31)26-15(2)25-22;1-13-11-17-18(12-16(13)15-8-9-15)26(10-6-4-3-5-7-19(27)28)21-20(25-17)22(29)24-14(2)23-21/h9-10,18-19,22-23,26,31-33,36-37H,2-8,11-12H2,1H3,(H,28,38)(H,34,35);13-14,18H,2-12,15H2,1H3,(H,27,32)(H,30,31);11-12,17,24H,2-10,13H2,1H3,(H,26,31)(H,29,30);11-12,15H,2-10H2,1H3,(H,24,29)(H,27,28). The van der Waals surface area contributed by atoms with Crippen molar-refractivity contribution < 1.29 is 69.9 Å². The van der Waals surface area contributed by atoms with Crippen LogP contribution in [0.3, 0.4) is 0 Å². The minimum absolute atomic E-state index is 0.112. The summed E-state index contributed by atoms with van der Waals surface area (Å²) in [4.78, 5) is 148. The third kappa shape index (κ3) is 26.0. The van der Waals surface area contributed by atoms with E-state index in [9.17, 15) is 58.8 Å². The molecule has 0 radical (unpaired) electrons. The third-order valence-corrected chi connectivity index (χ3v) is 24.2. The van der Waals surface area contributed by atoms with E-state index in [1.54, 1.807) is 19.1 Å². The highest BCUT2D eigenvalue weighted by Crippen LogP contribution is 2.48. The van der Waals surface area contributed by atoms with Gasteiger partial charge in [-0.3, -0.25) is 38.4 Å². The van der Waals surface area contributed by atoms with Crippen LogP contribution < -0.4 is 101 Å². The minimum Gasteiger partial charge on any atom is -0.493 e. The number of nitrogens with one attached hydrogen (secondary N) is 6. The highest BCUT2D eigenvalue weighted by atomic mass is 16.5. The van der Waals surface area contributed by atoms with Gasteiger partial charge in [-0.15, -0.1) is 0 Å². The van der Waals surface area contributed by atoms with E-state index < -0.39 is 60.5 Å². The first-order valence-corrected chi connectivity index (χ1v) is 45.5. The van der Waals surface area contributed by atoms with Crippen LogP contribution in [0.5, 0.6) is 5.75 Å². The molecule has 131 heavy (non-hydrogen) atoms. The zero-order valence-corrected chi connectivity index (χ0v) is 75.0. The Morgan fingerprint density at radius 2 is 0.786 bits per heavy atom. The zero-order chi connectivity index (χ0) is 93.9. The van der Waals surface area contributed by atoms with Crippen molar-refractivity contribution >= 4 is 125 Å². The monoisotopic (exact) mass is 1800 g/mol. The van der Waals surface area contributed by atoms with Gasteiger partial charge in [-0.1, -0.05) is 90.5 Å². The van der Waals surface area contributed by atoms with Gasteiger partial charge >= 0.3 is 23.9 Å². The Bertz CT molecular complexity index is 6250. The number of nitrogens with zero attached hydrogens (tertiary/aromatic N) is 12. The number of carbonyl (C=O) groups is 4. The van der Waals surface area contributed by atoms with Gasteiger partial charge in [-0.25, -0.2) is 39.9 Å². The SMILES string of the molecule is C=c1nc2c(c(=O)[nH]1)=Nc1cc(C)c(C3CC3)cc1N2CCCCCCC(=O)O.C=c1nc2c(c(=O)[nH]1)=Nc1cc(C)c(CNC3CC3)cc1N2CCCCCCC(=O)O.C=c1nc2c(c(=O)[nH]1)=Nc1cc(C)c(NCC(O)C(O)C(O)C(O)CO)cc1N2CCCCCCC(=O)O.C=c1nc2c(c(=O)[nH]1)=Nc1cc(C)c(OCC3CCCC3)cc1N2CCCCCCC(=O)O. The summed E-state index contributed by atoms with van der Waals surface area (Å²) >= 11 is 0. The van der Waals surface area contributed by atoms with Crippen LogP contribution in [0.1, 0.15) is 219 Å². The predicted octanol–water partition coefficient (Wildman–Crippen LogP) is 7.25. The molecular formula is C95H122N18O18. The predicted molar refractivity (Wildman–Crippen MR) is 498 cm³/mol. The smallest absolute Gasteiger partial charge is 0.303 e. The lowest BCUT2D eigenvalue weighted by atomic mass is 10.0. The Hall–Kier alpha value is -12.5. The first-order valence-electron chi connectivity index (χ1n) is 45.5. The highest BCUT2D eigenvalue weighted by Gasteiger charge is 2.34. The molecule has 8 aromatic rings. The summed E-state index contributed by atoms with van der Waals surface area (Å²) in [5.74, 6) is 0.929. The largest absolute Gasteiger partial charge is 0.493 e. The second-order valence-corrected chi connectivity index (χ2v) is 34.8. The van der Waals surface area contributed by atoms with E-state index in [1.807, 2.05) is 34.9 Å². The van der Waals surface area contributed by atoms with Gasteiger partial charge in [0, 0.05) is 82.7 Å². The second-order valence-electron chi connectivity index (χ2n) is 34.8. The maximum absolute atomic E-state index is 12.6. The van der Waals surface area contributed by atoms with E-state index in [1.165, 1.54) is 68.1 Å². The number of benzene rings is 4. The molecule has 0 spiro atoms. The van der Waals surface area contributed by atoms with Gasteiger partial charge < -0.3 is 101 Å². The van der Waals surface area contributed by atoms with Crippen LogP contribution in [0.15, 0.2) is 87.7 Å². The number of aromatic amines is 4. The number of unbranched alkanes of at least 4 members (excludes halogenated alkanes) is 12. The fraction of sp³-hybridized carbons (Fsp3) is 0.495. The Kier molecular flexibility index (Phi) is 33.8. The normalized spacial score (nSPS) is 15.1. The van der Waals surface area contributed by atoms with Crippen molar-refractivity contribution in [3.05, 3.63) is 167 Å². The van der Waals surface area contributed by atoms with Gasteiger partial charge in [0.15, 0.2) is 44.7 Å². The van der Waals surface area contributed by atoms with Crippen LogP contribution in [-0.4, -0.2) is 186 Å². The number of carboxylic acid groups (broad SMARTS) is 4. The van der Waals surface area contributed by atoms with Crippen LogP contribution in [-0.2, 0) is 25.7 Å². The molecule has 4 aromatic heterocycles. The van der Waals surface area contributed by atoms with Gasteiger partial charge in [0.2, 0.25) is 0 Å². The number of rotatable bonds is 42. The molecule has 0 amide bonds. The topological polar surface area (TPSA) is 529 Å². The van der Waals surface area contributed by atoms with Crippen molar-refractivity contribution in [1.29, 1.82) is 0 Å². The van der Waals surface area contributed by atoms with Gasteiger partial charge in [0.05, 0.1) is 64.8 Å². The van der Waals surface area contributed by atoms with Crippen molar-refractivity contribution in [2.24, 2.45) is 25.9 Å². The quantitative estimate of drug-likeness (QED) is 0.0167. The molecule has 4 aliphatic heterocycles. The van der Waals surface area contributed by atoms with Crippen LogP contribution in [0.2, 0.25) is 0 Å². The zero-order valence-electron chi connectivity index (χ0n) is 75.0. The number of aliphatic hydroxyl groups is 5. The van der Waals surface area contributed by atoms with Crippen LogP contribution in [0.25, 0.3) is 26.3 Å². The molecule has 15 rings (SSSR count). The number of aromatic nitrogens is 8. The molecule has 7 aliphatic rings. The molecule has 3 saturated carbocycles. The molecule has 3 fully saturated rings. The van der Waals surface area contributed by atoms with E-state index in [4.69, 9.17) is 30.3 Å². The summed E-state index contributed by atoms with van der Waals surface area (Å²) in [5, 5.41) is 91.7. The number of aliphatic hydroxyl groups excluding tert-OH is 5. The lowest BCUT2D eigenvalue weighted by Gasteiger charge is -2.29. The molecule has 4 unspecified atom stereocenters. The van der Waals surface area contributed by atoms with Gasteiger partial charge in [0.1, 0.15) is 46.0 Å². The number of carboxylic acids is 4. The molecule has 3 aliphatic carbocycles. The molecule has 36 nitrogen and oxygen atoms in total. The van der Waals surface area contributed by atoms with Crippen molar-refractivity contribution in [1.82, 2.24) is 45.2 Å². The summed E-state index contributed by atoms with van der Waals surface area (Å²) in [6, 6.07) is 16.6. The Labute approximate surface area is 755 Å². The van der Waals surface area contributed by atoms with Crippen molar-refractivity contribution in [3.63, 3.8) is 0 Å². The van der Waals surface area contributed by atoms with E-state index in [-0.39, 0.29) is 59.7 Å². The van der Waals surface area contributed by atoms with Crippen LogP contribution >= 0.6 is 0 Å². The number of anilines is 9. The summed E-state index contributed by atoms with van der Waals surface area (Å²) in [6.07, 6.45) is 16.8. The molecule has 15 N–H and O–H groups in total. The number of hydrogen-bond donors (Lipinski definition) is 15. The Morgan fingerprint density at radius 1 is 0.435 bits per heavy atom. The lowest BCUT2D eigenvalue weighted by molar-refractivity contribution is -0.138. The van der Waals surface area contributed by atoms with Gasteiger partial charge in [-0.05, 0) is 205 Å². The molecule has 4 atom stereocenters. The molecule has 0 bridgehead atoms. The van der Waals surface area contributed by atoms with Crippen molar-refractivity contribution in [2.45, 2.75) is 250 Å². The fourth-order valence-electron chi connectivity index (χ4n) is 16.8. The Morgan fingerprint density at radius 3 is 1.17 bits per heavy atom. The first-order chi connectivity index (χ1) is 62.8. The highest BCUT2D eigenvalue weighted by molar-refractivity contribution is 5.83. The maximum Gasteiger partial charge on any atom is 0.303 e. The molecular weight excluding hydrogens is 1680 g/mol.